The molecule has 11 heteroatoms. The highest BCUT2D eigenvalue weighted by Crippen LogP contribution is 2.38. The number of nitrogens with zero attached hydrogens (tertiary/aromatic N) is 4. The largest absolute Gasteiger partial charge is 0.378 e. The zero-order chi connectivity index (χ0) is 29.3. The summed E-state index contributed by atoms with van der Waals surface area (Å²) in [5.74, 6) is -0.938. The van der Waals surface area contributed by atoms with E-state index in [1.807, 2.05) is 49.4 Å². The molecule has 0 radical (unpaired) electrons. The lowest BCUT2D eigenvalue weighted by Gasteiger charge is -2.34. The number of nitrogens with one attached hydrogen (secondary N) is 4. The van der Waals surface area contributed by atoms with Crippen LogP contribution in [-0.2, 0) is 5.44 Å². The number of fused-ring (bicyclic) bond motifs is 1. The van der Waals surface area contributed by atoms with Crippen LogP contribution in [0.15, 0.2) is 84.8 Å². The molecule has 0 saturated heterocycles. The van der Waals surface area contributed by atoms with Gasteiger partial charge in [-0.05, 0) is 48.2 Å². The van der Waals surface area contributed by atoms with Crippen molar-refractivity contribution in [1.29, 1.82) is 10.5 Å². The molecule has 1 fully saturated rings. The van der Waals surface area contributed by atoms with Crippen LogP contribution in [0.2, 0.25) is 0 Å². The Morgan fingerprint density at radius 2 is 1.86 bits per heavy atom. The molecule has 2 unspecified atom stereocenters. The highest BCUT2D eigenvalue weighted by Gasteiger charge is 2.38. The van der Waals surface area contributed by atoms with E-state index in [1.165, 1.54) is 24.4 Å². The number of pyridine rings is 1. The molecule has 0 bridgehead atoms. The lowest BCUT2D eigenvalue weighted by molar-refractivity contribution is 0.260. The zero-order valence-electron chi connectivity index (χ0n) is 22.8. The van der Waals surface area contributed by atoms with Crippen molar-refractivity contribution < 1.29 is 8.78 Å². The van der Waals surface area contributed by atoms with Crippen LogP contribution in [-0.4, -0.2) is 23.9 Å². The Morgan fingerprint density at radius 1 is 1.10 bits per heavy atom. The van der Waals surface area contributed by atoms with E-state index in [1.54, 1.807) is 18.2 Å². The summed E-state index contributed by atoms with van der Waals surface area (Å²) in [6.07, 6.45) is 5.60. The van der Waals surface area contributed by atoms with Crippen molar-refractivity contribution >= 4 is 30.1 Å². The second kappa shape index (κ2) is 11.0. The predicted octanol–water partition coefficient (Wildman–Crippen LogP) is 4.68. The monoisotopic (exact) mass is 560 g/mol. The van der Waals surface area contributed by atoms with Gasteiger partial charge in [0.2, 0.25) is 0 Å². The summed E-state index contributed by atoms with van der Waals surface area (Å²) >= 11 is 0. The Kier molecular flexibility index (Phi) is 7.11. The van der Waals surface area contributed by atoms with Crippen molar-refractivity contribution in [3.63, 3.8) is 0 Å². The molecule has 208 valence electrons. The topological polar surface area (TPSA) is 112 Å². The van der Waals surface area contributed by atoms with Crippen molar-refractivity contribution in [3.8, 4) is 12.1 Å². The first kappa shape index (κ1) is 27.1. The Labute approximate surface area is 243 Å². The third-order valence-corrected chi connectivity index (χ3v) is 7.74. The smallest absolute Gasteiger partial charge is 0.151 e. The number of rotatable bonds is 9. The van der Waals surface area contributed by atoms with Crippen LogP contribution in [0, 0.1) is 34.3 Å². The zero-order valence-corrected chi connectivity index (χ0v) is 22.8. The average molecular weight is 560 g/mol. The summed E-state index contributed by atoms with van der Waals surface area (Å²) in [7, 11) is 1.93. The van der Waals surface area contributed by atoms with E-state index in [0.717, 1.165) is 29.7 Å². The summed E-state index contributed by atoms with van der Waals surface area (Å²) in [4.78, 5) is 4.25. The summed E-state index contributed by atoms with van der Waals surface area (Å²) in [5.41, 5.74) is 8.99. The molecule has 2 heterocycles. The number of hydrazine groups is 2. The normalized spacial score (nSPS) is 16.5. The van der Waals surface area contributed by atoms with Crippen molar-refractivity contribution in [2.24, 2.45) is 0 Å². The van der Waals surface area contributed by atoms with Crippen LogP contribution in [0.3, 0.4) is 0 Å². The molecule has 2 aliphatic rings. The van der Waals surface area contributed by atoms with E-state index < -0.39 is 17.3 Å². The third-order valence-electron chi connectivity index (χ3n) is 7.74. The molecule has 1 aliphatic carbocycles. The van der Waals surface area contributed by atoms with Gasteiger partial charge < -0.3 is 16.1 Å². The van der Waals surface area contributed by atoms with Crippen LogP contribution < -0.4 is 21.6 Å². The quantitative estimate of drug-likeness (QED) is 0.219. The van der Waals surface area contributed by atoms with Gasteiger partial charge in [-0.15, -0.1) is 5.53 Å². The van der Waals surface area contributed by atoms with Crippen LogP contribution >= 0.6 is 0 Å². The van der Waals surface area contributed by atoms with E-state index in [0.29, 0.717) is 22.8 Å². The maximum absolute atomic E-state index is 15.7. The number of hydrogen-bond acceptors (Lipinski definition) is 8. The van der Waals surface area contributed by atoms with Crippen LogP contribution in [0.4, 0.5) is 20.2 Å². The Hall–Kier alpha value is -5.13. The Bertz CT molecular complexity index is 1750. The molecule has 4 aromatic rings. The van der Waals surface area contributed by atoms with E-state index in [2.05, 4.69) is 38.7 Å². The van der Waals surface area contributed by atoms with Gasteiger partial charge in [-0.2, -0.15) is 10.5 Å². The fourth-order valence-corrected chi connectivity index (χ4v) is 5.27. The summed E-state index contributed by atoms with van der Waals surface area (Å²) in [6, 6.07) is 23.0. The number of anilines is 2. The molecular weight excluding hydrogens is 533 g/mol. The van der Waals surface area contributed by atoms with Crippen LogP contribution in [0.1, 0.15) is 42.0 Å². The van der Waals surface area contributed by atoms with Gasteiger partial charge in [0.25, 0.3) is 0 Å². The van der Waals surface area contributed by atoms with Crippen LogP contribution in [0.25, 0.3) is 10.9 Å². The molecule has 2 atom stereocenters. The molecule has 0 amide bonds. The average Bonchev–Trinajstić information content (AvgIpc) is 3.73. The first-order valence-electron chi connectivity index (χ1n) is 13.7. The minimum Gasteiger partial charge on any atom is -0.378 e. The van der Waals surface area contributed by atoms with Crippen molar-refractivity contribution in [1.82, 2.24) is 21.0 Å². The second-order valence-electron chi connectivity index (χ2n) is 10.7. The van der Waals surface area contributed by atoms with E-state index in [-0.39, 0.29) is 23.3 Å². The highest BCUT2D eigenvalue weighted by atomic mass is 19.1. The number of nitriles is 2. The molecule has 1 aliphatic heterocycles. The van der Waals surface area contributed by atoms with Crippen molar-refractivity contribution in [2.75, 3.05) is 10.6 Å². The van der Waals surface area contributed by atoms with Gasteiger partial charge in [0.1, 0.15) is 25.2 Å². The minimum absolute atomic E-state index is 0.0917. The predicted molar refractivity (Wildman–Crippen MR) is 159 cm³/mol. The molecule has 1 saturated carbocycles. The van der Waals surface area contributed by atoms with Gasteiger partial charge >= 0.3 is 0 Å². The van der Waals surface area contributed by atoms with E-state index in [4.69, 9.17) is 0 Å². The molecule has 4 N–H and O–H groups in total. The van der Waals surface area contributed by atoms with Gasteiger partial charge in [0, 0.05) is 29.5 Å². The van der Waals surface area contributed by atoms with Crippen molar-refractivity contribution in [2.45, 2.75) is 36.8 Å². The standard InChI is InChI=1S/C31H27BF2N8/c32-31(21-6-8-22(33)9-7-21,28-18-42(41-40-28)24-10-11-24)39-23-14-25-29(20(16-36)17-37-30(25)26(34)15-23)38-27(12-13-35)19-4-2-1-3-5-19/h1-9,14-15,17-18,24,27,39-41H,10-12,32H2,(H,37,38). The van der Waals surface area contributed by atoms with E-state index >= 15 is 4.39 Å². The van der Waals surface area contributed by atoms with Gasteiger partial charge in [-0.3, -0.25) is 9.99 Å². The number of benzene rings is 3. The van der Waals surface area contributed by atoms with E-state index in [9.17, 15) is 14.9 Å². The van der Waals surface area contributed by atoms with Gasteiger partial charge in [0.15, 0.2) is 5.82 Å². The molecule has 8 nitrogen and oxygen atoms in total. The lowest BCUT2D eigenvalue weighted by Crippen LogP contribution is -2.45. The maximum atomic E-state index is 15.7. The SMILES string of the molecule is BC(Nc1cc(F)c2ncc(C#N)c(NC(CC#N)c3ccccc3)c2c1)(C1=CN(C2CC2)NN1)c1ccc(F)cc1. The molecule has 0 spiro atoms. The second-order valence-corrected chi connectivity index (χ2v) is 10.7. The summed E-state index contributed by atoms with van der Waals surface area (Å²) in [5, 5.41) is 28.7. The molecule has 6 rings (SSSR count). The molecule has 3 aromatic carbocycles. The Balaban J connectivity index is 1.45. The summed E-state index contributed by atoms with van der Waals surface area (Å²) < 4.78 is 29.6. The highest BCUT2D eigenvalue weighted by molar-refractivity contribution is 6.19. The molecular formula is C31H27BF2N8. The van der Waals surface area contributed by atoms with Crippen LogP contribution in [0.5, 0.6) is 0 Å². The first-order valence-corrected chi connectivity index (χ1v) is 13.7. The fourth-order valence-electron chi connectivity index (χ4n) is 5.27. The van der Waals surface area contributed by atoms with Gasteiger partial charge in [0.05, 0.1) is 40.9 Å². The Morgan fingerprint density at radius 3 is 2.55 bits per heavy atom. The number of halogens is 2. The number of hydrogen-bond donors (Lipinski definition) is 4. The fraction of sp³-hybridized carbons (Fsp3) is 0.194. The molecule has 1 aromatic heterocycles. The van der Waals surface area contributed by atoms with Gasteiger partial charge in [-0.1, -0.05) is 42.5 Å². The maximum Gasteiger partial charge on any atom is 0.151 e. The third kappa shape index (κ3) is 5.18. The number of aromatic nitrogens is 1. The van der Waals surface area contributed by atoms with Crippen molar-refractivity contribution in [3.05, 3.63) is 113 Å². The summed E-state index contributed by atoms with van der Waals surface area (Å²) in [6.45, 7) is 0. The molecule has 42 heavy (non-hydrogen) atoms. The van der Waals surface area contributed by atoms with Gasteiger partial charge in [-0.25, -0.2) is 8.78 Å². The minimum atomic E-state index is -0.925. The lowest BCUT2D eigenvalue weighted by atomic mass is 9.69. The first-order chi connectivity index (χ1) is 20.4.